The Hall–Kier alpha value is -2.66. The molecule has 2 heterocycles. The molecule has 42 heavy (non-hydrogen) atoms. The van der Waals surface area contributed by atoms with Crippen molar-refractivity contribution in [1.82, 2.24) is 9.80 Å². The zero-order valence-corrected chi connectivity index (χ0v) is 25.6. The average Bonchev–Trinajstić information content (AvgIpc) is 3.15. The third kappa shape index (κ3) is 7.83. The van der Waals surface area contributed by atoms with Crippen molar-refractivity contribution in [2.75, 3.05) is 31.1 Å². The van der Waals surface area contributed by atoms with Gasteiger partial charge in [-0.1, -0.05) is 49.2 Å². The lowest BCUT2D eigenvalue weighted by Crippen LogP contribution is -2.55. The van der Waals surface area contributed by atoms with Crippen molar-refractivity contribution in [3.63, 3.8) is 0 Å². The molecule has 0 bridgehead atoms. The maximum absolute atomic E-state index is 14.0. The number of carbonyl (C=O) groups excluding carboxylic acids is 2. The second-order valence-corrected chi connectivity index (χ2v) is 12.4. The van der Waals surface area contributed by atoms with Gasteiger partial charge in [0.25, 0.3) is 5.24 Å². The van der Waals surface area contributed by atoms with Gasteiger partial charge in [0.1, 0.15) is 6.04 Å². The van der Waals surface area contributed by atoms with Gasteiger partial charge in [-0.2, -0.15) is 13.2 Å². The Morgan fingerprint density at radius 2 is 1.76 bits per heavy atom. The van der Waals surface area contributed by atoms with Crippen LogP contribution in [0.3, 0.4) is 0 Å². The highest BCUT2D eigenvalue weighted by Crippen LogP contribution is 2.37. The van der Waals surface area contributed by atoms with Crippen molar-refractivity contribution >= 4 is 51.8 Å². The third-order valence-electron chi connectivity index (χ3n) is 7.28. The largest absolute Gasteiger partial charge is 0.416 e. The molecule has 1 fully saturated rings. The minimum Gasteiger partial charge on any atom is -0.368 e. The quantitative estimate of drug-likeness (QED) is 0.323. The van der Waals surface area contributed by atoms with Crippen LogP contribution in [0, 0.1) is 5.92 Å². The Morgan fingerprint density at radius 1 is 1.05 bits per heavy atom. The van der Waals surface area contributed by atoms with Crippen molar-refractivity contribution in [2.45, 2.75) is 44.9 Å². The number of alkyl halides is 3. The molecule has 0 radical (unpaired) electrons. The van der Waals surface area contributed by atoms with E-state index in [-0.39, 0.29) is 23.5 Å². The van der Waals surface area contributed by atoms with Crippen LogP contribution in [0.4, 0.5) is 23.7 Å². The van der Waals surface area contributed by atoms with E-state index in [0.29, 0.717) is 59.5 Å². The molecule has 2 aromatic rings. The summed E-state index contributed by atoms with van der Waals surface area (Å²) in [7, 11) is 0. The van der Waals surface area contributed by atoms with Crippen molar-refractivity contribution in [3.05, 3.63) is 86.9 Å². The first-order valence-corrected chi connectivity index (χ1v) is 15.3. The Bertz CT molecular complexity index is 1360. The molecule has 226 valence electrons. The van der Waals surface area contributed by atoms with Crippen molar-refractivity contribution in [1.29, 1.82) is 0 Å². The average molecular weight is 642 g/mol. The molecule has 0 aromatic heterocycles. The zero-order chi connectivity index (χ0) is 30.6. The van der Waals surface area contributed by atoms with E-state index in [9.17, 15) is 22.8 Å². The highest BCUT2D eigenvalue weighted by molar-refractivity contribution is 8.16. The lowest BCUT2D eigenvalue weighted by atomic mass is 9.94. The molecule has 1 saturated heterocycles. The Kier molecular flexibility index (Phi) is 10.6. The Labute approximate surface area is 258 Å². The fourth-order valence-corrected chi connectivity index (χ4v) is 6.25. The number of thioether (sulfide) groups is 1. The van der Waals surface area contributed by atoms with Crippen LogP contribution >= 0.6 is 35.0 Å². The van der Waals surface area contributed by atoms with E-state index in [1.165, 1.54) is 11.0 Å². The monoisotopic (exact) mass is 640 g/mol. The molecule has 0 spiro atoms. The summed E-state index contributed by atoms with van der Waals surface area (Å²) in [5, 5.41) is 2.22. The van der Waals surface area contributed by atoms with Gasteiger partial charge in [-0.15, -0.1) is 0 Å². The van der Waals surface area contributed by atoms with Gasteiger partial charge in [0.15, 0.2) is 0 Å². The number of benzene rings is 2. The Morgan fingerprint density at radius 3 is 2.40 bits per heavy atom. The molecule has 0 saturated carbocycles. The predicted molar refractivity (Wildman–Crippen MR) is 164 cm³/mol. The standard InChI is InChI=1S/C30H33Cl2F3N4O2S/c1-19(2)15-25(36)23-17-21(30(33,34)35)6-8-26(23)37-10-12-38(13-11-37)28(40)27(39-9-3-4-14-42-29(39)41)16-20-5-7-22(31)18-24(20)32/h3-9,14,17-19,25,27H,10-13,15-16,36H2,1-2H3. The molecule has 12 heteroatoms. The van der Waals surface area contributed by atoms with Gasteiger partial charge >= 0.3 is 6.18 Å². The number of carbonyl (C=O) groups is 2. The van der Waals surface area contributed by atoms with Gasteiger partial charge < -0.3 is 15.5 Å². The number of nitrogens with two attached hydrogens (primary N) is 1. The summed E-state index contributed by atoms with van der Waals surface area (Å²) in [4.78, 5) is 32.0. The summed E-state index contributed by atoms with van der Waals surface area (Å²) in [5.74, 6) is -0.0441. The van der Waals surface area contributed by atoms with E-state index in [1.807, 2.05) is 18.7 Å². The minimum absolute atomic E-state index is 0.179. The maximum Gasteiger partial charge on any atom is 0.416 e. The minimum atomic E-state index is -4.48. The van der Waals surface area contributed by atoms with Gasteiger partial charge in [-0.25, -0.2) is 0 Å². The molecule has 6 nitrogen and oxygen atoms in total. The summed E-state index contributed by atoms with van der Waals surface area (Å²) in [6.07, 6.45) is 1.25. The first-order chi connectivity index (χ1) is 19.8. The molecule has 2 unspecified atom stereocenters. The number of rotatable bonds is 8. The van der Waals surface area contributed by atoms with Gasteiger partial charge in [-0.05, 0) is 77.0 Å². The normalized spacial score (nSPS) is 17.5. The van der Waals surface area contributed by atoms with Crippen LogP contribution in [-0.4, -0.2) is 53.2 Å². The first kappa shape index (κ1) is 32.3. The second-order valence-electron chi connectivity index (χ2n) is 10.7. The van der Waals surface area contributed by atoms with E-state index < -0.39 is 23.8 Å². The van der Waals surface area contributed by atoms with E-state index in [2.05, 4.69) is 0 Å². The number of halogens is 5. The van der Waals surface area contributed by atoms with Crippen molar-refractivity contribution in [2.24, 2.45) is 11.7 Å². The predicted octanol–water partition coefficient (Wildman–Crippen LogP) is 7.51. The highest BCUT2D eigenvalue weighted by Gasteiger charge is 2.36. The fourth-order valence-electron chi connectivity index (χ4n) is 5.17. The van der Waals surface area contributed by atoms with Crippen LogP contribution in [0.2, 0.25) is 10.0 Å². The van der Waals surface area contributed by atoms with Gasteiger partial charge in [0.2, 0.25) is 5.91 Å². The second kappa shape index (κ2) is 13.8. The van der Waals surface area contributed by atoms with E-state index >= 15 is 0 Å². The number of allylic oxidation sites excluding steroid dienone is 2. The van der Waals surface area contributed by atoms with Crippen LogP contribution in [0.15, 0.2) is 60.2 Å². The van der Waals surface area contributed by atoms with Crippen molar-refractivity contribution < 1.29 is 22.8 Å². The molecule has 2 aromatic carbocycles. The highest BCUT2D eigenvalue weighted by atomic mass is 35.5. The van der Waals surface area contributed by atoms with Crippen LogP contribution < -0.4 is 10.6 Å². The molecule has 2 aliphatic heterocycles. The molecule has 0 aliphatic carbocycles. The topological polar surface area (TPSA) is 69.9 Å². The summed E-state index contributed by atoms with van der Waals surface area (Å²) < 4.78 is 40.6. The number of piperazine rings is 1. The van der Waals surface area contributed by atoms with Gasteiger partial charge in [-0.3, -0.25) is 14.5 Å². The molecular weight excluding hydrogens is 608 g/mol. The lowest BCUT2D eigenvalue weighted by Gasteiger charge is -2.40. The van der Waals surface area contributed by atoms with Crippen LogP contribution in [-0.2, 0) is 17.4 Å². The van der Waals surface area contributed by atoms with E-state index in [1.54, 1.807) is 46.9 Å². The number of hydrogen-bond acceptors (Lipinski definition) is 5. The summed E-state index contributed by atoms with van der Waals surface area (Å²) in [5.41, 5.74) is 7.43. The van der Waals surface area contributed by atoms with Crippen LogP contribution in [0.5, 0.6) is 0 Å². The molecular formula is C30H33Cl2F3N4O2S. The lowest BCUT2D eigenvalue weighted by molar-refractivity contribution is -0.137. The van der Waals surface area contributed by atoms with Crippen LogP contribution in [0.25, 0.3) is 0 Å². The van der Waals surface area contributed by atoms with Crippen molar-refractivity contribution in [3.8, 4) is 0 Å². The fraction of sp³-hybridized carbons (Fsp3) is 0.400. The Balaban J connectivity index is 1.56. The zero-order valence-electron chi connectivity index (χ0n) is 23.3. The molecule has 2 amide bonds. The first-order valence-electron chi connectivity index (χ1n) is 13.6. The summed E-state index contributed by atoms with van der Waals surface area (Å²) >= 11 is 13.5. The molecule has 2 N–H and O–H groups in total. The summed E-state index contributed by atoms with van der Waals surface area (Å²) in [6.45, 7) is 5.38. The number of amides is 2. The third-order valence-corrected chi connectivity index (χ3v) is 8.57. The number of anilines is 1. The maximum atomic E-state index is 14.0. The molecule has 2 aliphatic rings. The number of nitrogens with zero attached hydrogens (tertiary/aromatic N) is 3. The SMILES string of the molecule is CC(C)CC(N)c1cc(C(F)(F)F)ccc1N1CCN(C(=O)C(Cc2ccc(Cl)cc2Cl)N2C=CC=CSC2=O)CC1. The smallest absolute Gasteiger partial charge is 0.368 e. The van der Waals surface area contributed by atoms with Crippen LogP contribution in [0.1, 0.15) is 43.0 Å². The molecule has 2 atom stereocenters. The van der Waals surface area contributed by atoms with Gasteiger partial charge in [0.05, 0.1) is 5.56 Å². The van der Waals surface area contributed by atoms with E-state index in [0.717, 1.165) is 23.9 Å². The number of hydrogen-bond donors (Lipinski definition) is 1. The van der Waals surface area contributed by atoms with Gasteiger partial charge in [0, 0.05) is 60.6 Å². The molecule has 4 rings (SSSR count). The summed E-state index contributed by atoms with van der Waals surface area (Å²) in [6, 6.07) is 7.31. The van der Waals surface area contributed by atoms with E-state index in [4.69, 9.17) is 28.9 Å².